The van der Waals surface area contributed by atoms with Gasteiger partial charge in [0.1, 0.15) is 0 Å². The Morgan fingerprint density at radius 2 is 2.00 bits per heavy atom. The molecule has 88 valence electrons. The summed E-state index contributed by atoms with van der Waals surface area (Å²) in [5.74, 6) is 0. The Balaban J connectivity index is 1.88. The third-order valence-electron chi connectivity index (χ3n) is 3.76. The third kappa shape index (κ3) is 3.18. The summed E-state index contributed by atoms with van der Waals surface area (Å²) in [6.07, 6.45) is 8.58. The third-order valence-corrected chi connectivity index (χ3v) is 4.11. The Bertz CT molecular complexity index is 196. The first-order valence-corrected chi connectivity index (χ1v) is 7.31. The maximum atomic E-state index is 5.51. The Morgan fingerprint density at radius 3 is 2.60 bits per heavy atom. The highest BCUT2D eigenvalue weighted by atomic mass is 79.9. The highest BCUT2D eigenvalue weighted by molar-refractivity contribution is 9.09. The van der Waals surface area contributed by atoms with E-state index in [9.17, 15) is 0 Å². The van der Waals surface area contributed by atoms with Crippen molar-refractivity contribution in [3.63, 3.8) is 0 Å². The van der Waals surface area contributed by atoms with E-state index in [0.29, 0.717) is 6.10 Å². The summed E-state index contributed by atoms with van der Waals surface area (Å²) >= 11 is 3.57. The normalized spacial score (nSPS) is 32.2. The van der Waals surface area contributed by atoms with Crippen LogP contribution in [0.15, 0.2) is 0 Å². The lowest BCUT2D eigenvalue weighted by atomic mass is 9.91. The molecule has 2 unspecified atom stereocenters. The van der Waals surface area contributed by atoms with Crippen molar-refractivity contribution in [2.24, 2.45) is 0 Å². The van der Waals surface area contributed by atoms with Crippen molar-refractivity contribution in [1.29, 1.82) is 0 Å². The molecule has 0 aromatic rings. The van der Waals surface area contributed by atoms with Crippen LogP contribution in [0.25, 0.3) is 0 Å². The molecule has 2 aliphatic rings. The van der Waals surface area contributed by atoms with E-state index in [1.165, 1.54) is 45.1 Å². The van der Waals surface area contributed by atoms with Gasteiger partial charge in [-0.3, -0.25) is 4.90 Å². The van der Waals surface area contributed by atoms with Gasteiger partial charge in [0.25, 0.3) is 0 Å². The second-order valence-electron chi connectivity index (χ2n) is 4.84. The molecule has 15 heavy (non-hydrogen) atoms. The van der Waals surface area contributed by atoms with E-state index in [-0.39, 0.29) is 0 Å². The van der Waals surface area contributed by atoms with Gasteiger partial charge in [0.2, 0.25) is 0 Å². The number of rotatable bonds is 5. The van der Waals surface area contributed by atoms with Crippen LogP contribution < -0.4 is 0 Å². The molecule has 0 aliphatic heterocycles. The molecule has 2 saturated carbocycles. The zero-order valence-corrected chi connectivity index (χ0v) is 11.2. The zero-order chi connectivity index (χ0) is 10.7. The van der Waals surface area contributed by atoms with Crippen LogP contribution in [-0.2, 0) is 4.74 Å². The van der Waals surface area contributed by atoms with Crippen molar-refractivity contribution in [1.82, 2.24) is 4.90 Å². The average Bonchev–Trinajstić information content (AvgIpc) is 3.10. The molecule has 2 nitrogen and oxygen atoms in total. The number of hydrogen-bond donors (Lipinski definition) is 0. The summed E-state index contributed by atoms with van der Waals surface area (Å²) < 4.78 is 5.51. The lowest BCUT2D eigenvalue weighted by molar-refractivity contribution is 0.0273. The van der Waals surface area contributed by atoms with Crippen molar-refractivity contribution in [3.05, 3.63) is 0 Å². The predicted molar refractivity (Wildman–Crippen MR) is 66.6 cm³/mol. The van der Waals surface area contributed by atoms with E-state index >= 15 is 0 Å². The molecule has 0 amide bonds. The molecule has 0 heterocycles. The molecule has 0 radical (unpaired) electrons. The first kappa shape index (κ1) is 11.9. The van der Waals surface area contributed by atoms with Crippen molar-refractivity contribution in [3.8, 4) is 0 Å². The Labute approximate surface area is 101 Å². The topological polar surface area (TPSA) is 12.5 Å². The van der Waals surface area contributed by atoms with Gasteiger partial charge < -0.3 is 4.74 Å². The molecule has 2 aliphatic carbocycles. The second kappa shape index (κ2) is 5.65. The van der Waals surface area contributed by atoms with Crippen LogP contribution >= 0.6 is 15.9 Å². The number of ether oxygens (including phenoxy) is 1. The van der Waals surface area contributed by atoms with E-state index in [4.69, 9.17) is 4.74 Å². The predicted octanol–water partition coefficient (Wildman–Crippen LogP) is 2.80. The lowest BCUT2D eigenvalue weighted by Crippen LogP contribution is -2.42. The van der Waals surface area contributed by atoms with Crippen LogP contribution in [0.4, 0.5) is 0 Å². The quantitative estimate of drug-likeness (QED) is 0.716. The van der Waals surface area contributed by atoms with E-state index < -0.39 is 0 Å². The van der Waals surface area contributed by atoms with E-state index in [0.717, 1.165) is 17.4 Å². The lowest BCUT2D eigenvalue weighted by Gasteiger charge is -2.37. The van der Waals surface area contributed by atoms with Crippen molar-refractivity contribution >= 4 is 15.9 Å². The average molecular weight is 276 g/mol. The zero-order valence-electron chi connectivity index (χ0n) is 9.62. The van der Waals surface area contributed by atoms with Crippen molar-refractivity contribution < 1.29 is 4.74 Å². The van der Waals surface area contributed by atoms with Gasteiger partial charge >= 0.3 is 0 Å². The van der Waals surface area contributed by atoms with Gasteiger partial charge in [0, 0.05) is 31.1 Å². The maximum Gasteiger partial charge on any atom is 0.0586 e. The smallest absolute Gasteiger partial charge is 0.0586 e. The molecule has 0 aromatic carbocycles. The second-order valence-corrected chi connectivity index (χ2v) is 5.63. The number of alkyl halides is 1. The first-order valence-electron chi connectivity index (χ1n) is 6.19. The number of nitrogens with zero attached hydrogens (tertiary/aromatic N) is 1. The van der Waals surface area contributed by atoms with Crippen LogP contribution in [0.3, 0.4) is 0 Å². The highest BCUT2D eigenvalue weighted by Crippen LogP contribution is 2.34. The van der Waals surface area contributed by atoms with E-state index in [1.54, 1.807) is 0 Å². The van der Waals surface area contributed by atoms with Gasteiger partial charge in [0.15, 0.2) is 0 Å². The molecule has 2 fully saturated rings. The summed E-state index contributed by atoms with van der Waals surface area (Å²) in [6.45, 7) is 1.21. The molecular formula is C12H22BrNO. The molecule has 0 saturated heterocycles. The maximum absolute atomic E-state index is 5.51. The van der Waals surface area contributed by atoms with Crippen molar-refractivity contribution in [2.75, 3.05) is 19.0 Å². The molecule has 0 spiro atoms. The van der Waals surface area contributed by atoms with Gasteiger partial charge in [-0.2, -0.15) is 0 Å². The first-order chi connectivity index (χ1) is 7.35. The van der Waals surface area contributed by atoms with Gasteiger partial charge in [-0.15, -0.1) is 0 Å². The standard InChI is InChI=1S/C12H22BrNO/c1-15-12-4-2-3-11(9-12)14(8-7-13)10-5-6-10/h10-12H,2-9H2,1H3. The van der Waals surface area contributed by atoms with Gasteiger partial charge in [0.05, 0.1) is 6.10 Å². The van der Waals surface area contributed by atoms with Crippen LogP contribution in [0.5, 0.6) is 0 Å². The minimum Gasteiger partial charge on any atom is -0.381 e. The minimum absolute atomic E-state index is 0.514. The number of methoxy groups -OCH3 is 1. The SMILES string of the molecule is COC1CCCC(N(CCBr)C2CC2)C1. The summed E-state index contributed by atoms with van der Waals surface area (Å²) in [5.41, 5.74) is 0. The van der Waals surface area contributed by atoms with Crippen LogP contribution in [0.1, 0.15) is 38.5 Å². The fraction of sp³-hybridized carbons (Fsp3) is 1.00. The number of hydrogen-bond acceptors (Lipinski definition) is 2. The largest absolute Gasteiger partial charge is 0.381 e. The van der Waals surface area contributed by atoms with E-state index in [2.05, 4.69) is 20.8 Å². The molecule has 0 bridgehead atoms. The van der Waals surface area contributed by atoms with E-state index in [1.807, 2.05) is 7.11 Å². The molecule has 3 heteroatoms. The van der Waals surface area contributed by atoms with Gasteiger partial charge in [-0.25, -0.2) is 0 Å². The molecular weight excluding hydrogens is 254 g/mol. The molecule has 2 atom stereocenters. The molecule has 0 N–H and O–H groups in total. The van der Waals surface area contributed by atoms with Crippen LogP contribution in [0.2, 0.25) is 0 Å². The monoisotopic (exact) mass is 275 g/mol. The summed E-state index contributed by atoms with van der Waals surface area (Å²) in [4.78, 5) is 2.72. The Kier molecular flexibility index (Phi) is 4.47. The minimum atomic E-state index is 0.514. The van der Waals surface area contributed by atoms with Gasteiger partial charge in [-0.1, -0.05) is 15.9 Å². The van der Waals surface area contributed by atoms with Gasteiger partial charge in [-0.05, 0) is 38.5 Å². The fourth-order valence-corrected chi connectivity index (χ4v) is 3.21. The fourth-order valence-electron chi connectivity index (χ4n) is 2.80. The molecule has 0 aromatic heterocycles. The highest BCUT2D eigenvalue weighted by Gasteiger charge is 2.35. The Hall–Kier alpha value is 0.400. The Morgan fingerprint density at radius 1 is 1.20 bits per heavy atom. The van der Waals surface area contributed by atoms with Crippen LogP contribution in [-0.4, -0.2) is 42.1 Å². The van der Waals surface area contributed by atoms with Crippen molar-refractivity contribution in [2.45, 2.75) is 56.7 Å². The number of halogens is 1. The van der Waals surface area contributed by atoms with Crippen LogP contribution in [0, 0.1) is 0 Å². The summed E-state index contributed by atoms with van der Waals surface area (Å²) in [7, 11) is 1.86. The summed E-state index contributed by atoms with van der Waals surface area (Å²) in [5, 5.41) is 1.11. The summed E-state index contributed by atoms with van der Waals surface area (Å²) in [6, 6.07) is 1.68. The molecule has 2 rings (SSSR count).